The highest BCUT2D eigenvalue weighted by Gasteiger charge is 2.08. The number of hydrogen-bond acceptors (Lipinski definition) is 4. The average Bonchev–Trinajstić information content (AvgIpc) is 2.83. The summed E-state index contributed by atoms with van der Waals surface area (Å²) in [5, 5.41) is 4.26. The van der Waals surface area contributed by atoms with Gasteiger partial charge in [-0.25, -0.2) is 9.97 Å². The predicted molar refractivity (Wildman–Crippen MR) is 61.7 cm³/mol. The van der Waals surface area contributed by atoms with Gasteiger partial charge in [-0.1, -0.05) is 6.92 Å². The Kier molecular flexibility index (Phi) is 3.13. The van der Waals surface area contributed by atoms with E-state index in [1.807, 2.05) is 24.0 Å². The summed E-state index contributed by atoms with van der Waals surface area (Å²) < 4.78 is 1.98. The van der Waals surface area contributed by atoms with Crippen LogP contribution in [-0.2, 0) is 13.6 Å². The lowest BCUT2D eigenvalue weighted by atomic mass is 10.5. The summed E-state index contributed by atoms with van der Waals surface area (Å²) >= 11 is 1.69. The number of aryl methyl sites for hydroxylation is 1. The largest absolute Gasteiger partial charge is 0.332 e. The maximum Gasteiger partial charge on any atom is 0.168 e. The van der Waals surface area contributed by atoms with Crippen molar-refractivity contribution < 1.29 is 0 Å². The lowest BCUT2D eigenvalue weighted by Gasteiger charge is -1.96. The van der Waals surface area contributed by atoms with E-state index < -0.39 is 0 Å². The van der Waals surface area contributed by atoms with Crippen LogP contribution >= 0.6 is 11.3 Å². The fourth-order valence-corrected chi connectivity index (χ4v) is 2.23. The lowest BCUT2D eigenvalue weighted by Crippen LogP contribution is -2.10. The van der Waals surface area contributed by atoms with Crippen LogP contribution in [0, 0.1) is 0 Å². The smallest absolute Gasteiger partial charge is 0.168 e. The molecule has 2 heterocycles. The van der Waals surface area contributed by atoms with Gasteiger partial charge in [0, 0.05) is 37.1 Å². The number of hydrogen-bond donors (Lipinski definition) is 1. The summed E-state index contributed by atoms with van der Waals surface area (Å²) in [6.45, 7) is 3.97. The van der Waals surface area contributed by atoms with Crippen molar-refractivity contribution in [3.63, 3.8) is 0 Å². The Hall–Kier alpha value is -1.20. The van der Waals surface area contributed by atoms with Gasteiger partial charge in [0.25, 0.3) is 0 Å². The van der Waals surface area contributed by atoms with E-state index in [0.29, 0.717) is 0 Å². The van der Waals surface area contributed by atoms with E-state index in [1.165, 1.54) is 4.88 Å². The fourth-order valence-electron chi connectivity index (χ4n) is 1.31. The van der Waals surface area contributed by atoms with E-state index in [4.69, 9.17) is 0 Å². The van der Waals surface area contributed by atoms with Crippen molar-refractivity contribution in [3.8, 4) is 10.8 Å². The van der Waals surface area contributed by atoms with E-state index in [-0.39, 0.29) is 0 Å². The van der Waals surface area contributed by atoms with Crippen molar-refractivity contribution >= 4 is 11.3 Å². The highest BCUT2D eigenvalue weighted by Crippen LogP contribution is 2.22. The van der Waals surface area contributed by atoms with E-state index in [0.717, 1.165) is 23.9 Å². The van der Waals surface area contributed by atoms with E-state index in [2.05, 4.69) is 22.2 Å². The molecule has 0 unspecified atom stereocenters. The van der Waals surface area contributed by atoms with Crippen LogP contribution in [0.3, 0.4) is 0 Å². The summed E-state index contributed by atoms with van der Waals surface area (Å²) in [6.07, 6.45) is 5.64. The van der Waals surface area contributed by atoms with Gasteiger partial charge in [-0.2, -0.15) is 0 Å². The Morgan fingerprint density at radius 2 is 2.33 bits per heavy atom. The summed E-state index contributed by atoms with van der Waals surface area (Å²) in [5.74, 6) is 0.933. The second-order valence-corrected chi connectivity index (χ2v) is 4.39. The van der Waals surface area contributed by atoms with Crippen molar-refractivity contribution in [1.29, 1.82) is 0 Å². The van der Waals surface area contributed by atoms with E-state index in [9.17, 15) is 0 Å². The molecule has 2 aromatic heterocycles. The molecule has 0 saturated carbocycles. The molecule has 0 aliphatic rings. The summed E-state index contributed by atoms with van der Waals surface area (Å²) in [5.41, 5.74) is 0. The minimum absolute atomic E-state index is 0.887. The van der Waals surface area contributed by atoms with Crippen LogP contribution in [0.25, 0.3) is 10.8 Å². The van der Waals surface area contributed by atoms with Crippen molar-refractivity contribution in [1.82, 2.24) is 19.9 Å². The van der Waals surface area contributed by atoms with Crippen molar-refractivity contribution in [2.45, 2.75) is 13.5 Å². The first-order valence-corrected chi connectivity index (χ1v) is 5.76. The second kappa shape index (κ2) is 4.55. The third kappa shape index (κ3) is 2.24. The van der Waals surface area contributed by atoms with Crippen molar-refractivity contribution in [2.75, 3.05) is 6.54 Å². The van der Waals surface area contributed by atoms with Crippen LogP contribution < -0.4 is 5.32 Å². The second-order valence-electron chi connectivity index (χ2n) is 3.27. The van der Waals surface area contributed by atoms with Crippen LogP contribution in [0.4, 0.5) is 0 Å². The van der Waals surface area contributed by atoms with Crippen LogP contribution in [0.2, 0.25) is 0 Å². The molecule has 0 aliphatic heterocycles. The molecule has 0 bridgehead atoms. The predicted octanol–water partition coefficient (Wildman–Crippen LogP) is 1.65. The minimum atomic E-state index is 0.887. The van der Waals surface area contributed by atoms with Crippen molar-refractivity contribution in [3.05, 3.63) is 23.5 Å². The highest BCUT2D eigenvalue weighted by atomic mass is 32.1. The molecule has 0 saturated heterocycles. The Bertz CT molecular complexity index is 432. The van der Waals surface area contributed by atoms with Crippen LogP contribution in [0.15, 0.2) is 18.6 Å². The van der Waals surface area contributed by atoms with Crippen LogP contribution in [0.5, 0.6) is 0 Å². The molecule has 2 aromatic rings. The number of nitrogens with zero attached hydrogens (tertiary/aromatic N) is 3. The number of nitrogens with one attached hydrogen (secondary N) is 1. The molecule has 80 valence electrons. The number of thiazole rings is 1. The Morgan fingerprint density at radius 3 is 3.00 bits per heavy atom. The molecule has 0 radical (unpaired) electrons. The molecule has 0 aromatic carbocycles. The summed E-state index contributed by atoms with van der Waals surface area (Å²) in [6, 6.07) is 0. The summed E-state index contributed by atoms with van der Waals surface area (Å²) in [4.78, 5) is 9.88. The third-order valence-corrected chi connectivity index (χ3v) is 3.11. The highest BCUT2D eigenvalue weighted by molar-refractivity contribution is 7.14. The molecular formula is C10H14N4S. The van der Waals surface area contributed by atoms with Crippen LogP contribution in [0.1, 0.15) is 11.8 Å². The minimum Gasteiger partial charge on any atom is -0.332 e. The maximum absolute atomic E-state index is 4.37. The zero-order valence-electron chi connectivity index (χ0n) is 8.90. The molecule has 0 fully saturated rings. The van der Waals surface area contributed by atoms with Gasteiger partial charge in [0.05, 0.1) is 0 Å². The molecule has 0 spiro atoms. The van der Waals surface area contributed by atoms with Crippen molar-refractivity contribution in [2.24, 2.45) is 7.05 Å². The zero-order valence-corrected chi connectivity index (χ0v) is 9.71. The number of imidazole rings is 1. The van der Waals surface area contributed by atoms with Gasteiger partial charge in [-0.15, -0.1) is 11.3 Å². The Morgan fingerprint density at radius 1 is 1.47 bits per heavy atom. The first-order valence-electron chi connectivity index (χ1n) is 4.94. The molecule has 1 N–H and O–H groups in total. The first-order chi connectivity index (χ1) is 7.31. The van der Waals surface area contributed by atoms with Gasteiger partial charge >= 0.3 is 0 Å². The van der Waals surface area contributed by atoms with Gasteiger partial charge in [0.1, 0.15) is 0 Å². The fraction of sp³-hybridized carbons (Fsp3) is 0.400. The third-order valence-electron chi connectivity index (χ3n) is 2.12. The standard InChI is InChI=1S/C10H14N4S/c1-3-11-6-8-7-13-10(15-8)9-12-4-5-14(9)2/h4-5,7,11H,3,6H2,1-2H3. The molecule has 0 atom stereocenters. The normalized spacial score (nSPS) is 10.8. The van der Waals surface area contributed by atoms with Crippen LogP contribution in [-0.4, -0.2) is 21.1 Å². The zero-order chi connectivity index (χ0) is 10.7. The van der Waals surface area contributed by atoms with E-state index in [1.54, 1.807) is 17.5 Å². The molecule has 5 heteroatoms. The summed E-state index contributed by atoms with van der Waals surface area (Å²) in [7, 11) is 1.98. The SMILES string of the molecule is CCNCc1cnc(-c2nccn2C)s1. The molecule has 4 nitrogen and oxygen atoms in total. The topological polar surface area (TPSA) is 42.7 Å². The van der Waals surface area contributed by atoms with Gasteiger partial charge in [-0.05, 0) is 6.54 Å². The average molecular weight is 222 g/mol. The molecular weight excluding hydrogens is 208 g/mol. The monoisotopic (exact) mass is 222 g/mol. The molecule has 15 heavy (non-hydrogen) atoms. The number of rotatable bonds is 4. The van der Waals surface area contributed by atoms with Gasteiger partial charge in [0.15, 0.2) is 10.8 Å². The molecule has 2 rings (SSSR count). The Balaban J connectivity index is 2.17. The van der Waals surface area contributed by atoms with Gasteiger partial charge < -0.3 is 9.88 Å². The molecule has 0 aliphatic carbocycles. The molecule has 0 amide bonds. The first kappa shape index (κ1) is 10.3. The Labute approximate surface area is 93.0 Å². The lowest BCUT2D eigenvalue weighted by molar-refractivity contribution is 0.734. The quantitative estimate of drug-likeness (QED) is 0.855. The van der Waals surface area contributed by atoms with Gasteiger partial charge in [-0.3, -0.25) is 0 Å². The maximum atomic E-state index is 4.37. The number of aromatic nitrogens is 3. The van der Waals surface area contributed by atoms with Gasteiger partial charge in [0.2, 0.25) is 0 Å². The van der Waals surface area contributed by atoms with E-state index >= 15 is 0 Å².